The fourth-order valence-electron chi connectivity index (χ4n) is 3.97. The van der Waals surface area contributed by atoms with E-state index >= 15 is 0 Å². The smallest absolute Gasteiger partial charge is 0.277 e. The van der Waals surface area contributed by atoms with Crippen LogP contribution in [0.4, 0.5) is 5.69 Å². The van der Waals surface area contributed by atoms with E-state index in [1.807, 2.05) is 0 Å². The van der Waals surface area contributed by atoms with Gasteiger partial charge in [0.2, 0.25) is 5.89 Å². The number of nitrogens with one attached hydrogen (secondary N) is 1. The Bertz CT molecular complexity index is 863. The van der Waals surface area contributed by atoms with Crippen LogP contribution in [-0.4, -0.2) is 102 Å². The van der Waals surface area contributed by atoms with Crippen molar-refractivity contribution in [3.8, 4) is 0 Å². The van der Waals surface area contributed by atoms with Crippen LogP contribution < -0.4 is 5.32 Å². The van der Waals surface area contributed by atoms with Crippen molar-refractivity contribution < 1.29 is 19.1 Å². The molecule has 10 heteroatoms. The Balaban J connectivity index is 1.18. The maximum absolute atomic E-state index is 12.4. The molecule has 9 nitrogen and oxygen atoms in total. The first-order valence-corrected chi connectivity index (χ1v) is 11.4. The molecule has 1 aromatic carbocycles. The first kappa shape index (κ1) is 23.2. The molecule has 4 rings (SSSR count). The lowest BCUT2D eigenvalue weighted by molar-refractivity contribution is 0.00187. The van der Waals surface area contributed by atoms with Crippen molar-refractivity contribution in [2.24, 2.45) is 0 Å². The topological polar surface area (TPSA) is 94.3 Å². The Morgan fingerprint density at radius 2 is 1.66 bits per heavy atom. The summed E-state index contributed by atoms with van der Waals surface area (Å²) in [7, 11) is 0. The van der Waals surface area contributed by atoms with Crippen LogP contribution in [-0.2, 0) is 11.3 Å². The first-order valence-electron chi connectivity index (χ1n) is 11.0. The van der Waals surface area contributed by atoms with E-state index in [0.29, 0.717) is 36.2 Å². The van der Waals surface area contributed by atoms with E-state index in [1.165, 1.54) is 6.26 Å². The SMILES string of the molecule is O=C(Nc1ccc(Cl)cc1)c1coc(CN2CCN(C[C@@H](O)CN3CCOCC3)CC2)n1. The highest BCUT2D eigenvalue weighted by molar-refractivity contribution is 6.30. The molecule has 3 heterocycles. The number of hydrogen-bond donors (Lipinski definition) is 2. The number of morpholine rings is 1. The number of aliphatic hydroxyl groups excluding tert-OH is 1. The van der Waals surface area contributed by atoms with Gasteiger partial charge >= 0.3 is 0 Å². The van der Waals surface area contributed by atoms with E-state index in [1.54, 1.807) is 24.3 Å². The number of hydrogen-bond acceptors (Lipinski definition) is 8. The van der Waals surface area contributed by atoms with Crippen LogP contribution in [0.5, 0.6) is 0 Å². The van der Waals surface area contributed by atoms with Crippen LogP contribution in [0.15, 0.2) is 34.9 Å². The lowest BCUT2D eigenvalue weighted by Crippen LogP contribution is -2.50. The Morgan fingerprint density at radius 3 is 2.34 bits per heavy atom. The molecule has 2 aliphatic rings. The number of halogens is 1. The second-order valence-electron chi connectivity index (χ2n) is 8.23. The van der Waals surface area contributed by atoms with E-state index in [0.717, 1.165) is 52.5 Å². The molecule has 1 aromatic heterocycles. The number of piperazine rings is 1. The quantitative estimate of drug-likeness (QED) is 0.606. The number of rotatable bonds is 8. The van der Waals surface area contributed by atoms with Gasteiger partial charge in [-0.2, -0.15) is 0 Å². The number of aromatic nitrogens is 1. The van der Waals surface area contributed by atoms with Crippen LogP contribution in [0, 0.1) is 0 Å². The van der Waals surface area contributed by atoms with Gasteiger partial charge in [-0.15, -0.1) is 0 Å². The second-order valence-corrected chi connectivity index (χ2v) is 8.67. The maximum Gasteiger partial charge on any atom is 0.277 e. The van der Waals surface area contributed by atoms with Crippen LogP contribution in [0.25, 0.3) is 0 Å². The van der Waals surface area contributed by atoms with Gasteiger partial charge in [0.25, 0.3) is 5.91 Å². The number of benzene rings is 1. The van der Waals surface area contributed by atoms with Gasteiger partial charge in [0, 0.05) is 63.1 Å². The van der Waals surface area contributed by atoms with Crippen molar-refractivity contribution in [3.05, 3.63) is 47.1 Å². The summed E-state index contributed by atoms with van der Waals surface area (Å²) >= 11 is 5.87. The second kappa shape index (κ2) is 11.2. The van der Waals surface area contributed by atoms with E-state index in [9.17, 15) is 9.90 Å². The molecule has 0 bridgehead atoms. The third-order valence-electron chi connectivity index (χ3n) is 5.75. The summed E-state index contributed by atoms with van der Waals surface area (Å²) in [6.07, 6.45) is 1.03. The molecule has 0 radical (unpaired) electrons. The van der Waals surface area contributed by atoms with Crippen molar-refractivity contribution >= 4 is 23.2 Å². The van der Waals surface area contributed by atoms with Crippen molar-refractivity contribution in [1.29, 1.82) is 0 Å². The molecule has 0 unspecified atom stereocenters. The number of carbonyl (C=O) groups is 1. The Kier molecular flexibility index (Phi) is 8.12. The third kappa shape index (κ3) is 6.74. The number of nitrogens with zero attached hydrogens (tertiary/aromatic N) is 4. The van der Waals surface area contributed by atoms with E-state index < -0.39 is 0 Å². The van der Waals surface area contributed by atoms with Gasteiger partial charge in [-0.3, -0.25) is 19.5 Å². The zero-order valence-corrected chi connectivity index (χ0v) is 18.8. The lowest BCUT2D eigenvalue weighted by Gasteiger charge is -2.36. The normalized spacial score (nSPS) is 19.7. The predicted molar refractivity (Wildman–Crippen MR) is 121 cm³/mol. The summed E-state index contributed by atoms with van der Waals surface area (Å²) in [4.78, 5) is 23.5. The molecule has 0 saturated carbocycles. The molecule has 32 heavy (non-hydrogen) atoms. The van der Waals surface area contributed by atoms with Gasteiger partial charge in [0.05, 0.1) is 25.9 Å². The standard InChI is InChI=1S/C22H30ClN5O4/c23-17-1-3-18(4-2-17)24-22(30)20-16-32-21(25-20)15-27-7-5-26(6-8-27)13-19(29)14-28-9-11-31-12-10-28/h1-4,16,19,29H,5-15H2,(H,24,30)/t19-/m1/s1. The van der Waals surface area contributed by atoms with Gasteiger partial charge in [0.15, 0.2) is 5.69 Å². The molecule has 2 saturated heterocycles. The van der Waals surface area contributed by atoms with Crippen LogP contribution >= 0.6 is 11.6 Å². The third-order valence-corrected chi connectivity index (χ3v) is 6.00. The van der Waals surface area contributed by atoms with Crippen molar-refractivity contribution in [2.75, 3.05) is 70.9 Å². The Labute approximate surface area is 192 Å². The number of ether oxygens (including phenoxy) is 1. The molecule has 174 valence electrons. The summed E-state index contributed by atoms with van der Waals surface area (Å²) in [5.41, 5.74) is 0.899. The average molecular weight is 464 g/mol. The van der Waals surface area contributed by atoms with E-state index in [4.69, 9.17) is 20.8 Å². The number of aliphatic hydroxyl groups is 1. The van der Waals surface area contributed by atoms with Crippen LogP contribution in [0.3, 0.4) is 0 Å². The van der Waals surface area contributed by atoms with Crippen LogP contribution in [0.2, 0.25) is 5.02 Å². The zero-order chi connectivity index (χ0) is 22.3. The highest BCUT2D eigenvalue weighted by Crippen LogP contribution is 2.15. The zero-order valence-electron chi connectivity index (χ0n) is 18.1. The minimum atomic E-state index is -0.354. The number of anilines is 1. The Hall–Kier alpha value is -2.01. The summed E-state index contributed by atoms with van der Waals surface area (Å²) in [5, 5.41) is 13.8. The number of carbonyl (C=O) groups excluding carboxylic acids is 1. The fourth-order valence-corrected chi connectivity index (χ4v) is 4.10. The molecule has 2 fully saturated rings. The van der Waals surface area contributed by atoms with E-state index in [2.05, 4.69) is 25.0 Å². The first-order chi connectivity index (χ1) is 15.5. The molecule has 0 aliphatic carbocycles. The fraction of sp³-hybridized carbons (Fsp3) is 0.545. The molecular weight excluding hydrogens is 434 g/mol. The molecule has 1 amide bonds. The molecule has 2 aliphatic heterocycles. The molecule has 0 spiro atoms. The monoisotopic (exact) mass is 463 g/mol. The number of β-amino-alcohol motifs (C(OH)–C–C–N with tert-alkyl or cyclic N) is 1. The Morgan fingerprint density at radius 1 is 1.03 bits per heavy atom. The minimum Gasteiger partial charge on any atom is -0.447 e. The van der Waals surface area contributed by atoms with Gasteiger partial charge in [-0.05, 0) is 24.3 Å². The van der Waals surface area contributed by atoms with Crippen molar-refractivity contribution in [2.45, 2.75) is 12.6 Å². The number of oxazole rings is 1. The summed E-state index contributed by atoms with van der Waals surface area (Å²) < 4.78 is 10.9. The summed E-state index contributed by atoms with van der Waals surface area (Å²) in [6.45, 7) is 8.68. The van der Waals surface area contributed by atoms with Crippen LogP contribution in [0.1, 0.15) is 16.4 Å². The highest BCUT2D eigenvalue weighted by atomic mass is 35.5. The lowest BCUT2D eigenvalue weighted by atomic mass is 10.2. The molecular formula is C22H30ClN5O4. The largest absolute Gasteiger partial charge is 0.447 e. The summed E-state index contributed by atoms with van der Waals surface area (Å²) in [6, 6.07) is 6.90. The van der Waals surface area contributed by atoms with Gasteiger partial charge in [-0.1, -0.05) is 11.6 Å². The maximum atomic E-state index is 12.4. The van der Waals surface area contributed by atoms with Gasteiger partial charge in [-0.25, -0.2) is 4.98 Å². The number of amides is 1. The average Bonchev–Trinajstić information content (AvgIpc) is 3.26. The highest BCUT2D eigenvalue weighted by Gasteiger charge is 2.23. The van der Waals surface area contributed by atoms with Crippen molar-refractivity contribution in [3.63, 3.8) is 0 Å². The minimum absolute atomic E-state index is 0.250. The molecule has 2 N–H and O–H groups in total. The molecule has 1 atom stereocenters. The van der Waals surface area contributed by atoms with Crippen molar-refractivity contribution in [1.82, 2.24) is 19.7 Å². The van der Waals surface area contributed by atoms with Gasteiger partial charge in [0.1, 0.15) is 6.26 Å². The predicted octanol–water partition coefficient (Wildman–Crippen LogP) is 1.39. The van der Waals surface area contributed by atoms with Gasteiger partial charge < -0.3 is 19.6 Å². The van der Waals surface area contributed by atoms with E-state index in [-0.39, 0.29) is 17.7 Å². The summed E-state index contributed by atoms with van der Waals surface area (Å²) in [5.74, 6) is 0.202. The molecule has 2 aromatic rings.